The number of hydrogen-bond donors (Lipinski definition) is 2. The fourth-order valence-electron chi connectivity index (χ4n) is 3.13. The van der Waals surface area contributed by atoms with Crippen LogP contribution in [0.25, 0.3) is 10.2 Å². The third kappa shape index (κ3) is 4.80. The molecule has 1 aromatic heterocycles. The number of imide groups is 1. The minimum Gasteiger partial charge on any atom is -0.335 e. The molecule has 2 aromatic rings. The van der Waals surface area contributed by atoms with Crippen molar-refractivity contribution in [3.63, 3.8) is 0 Å². The molecule has 0 saturated carbocycles. The first-order valence-corrected chi connectivity index (χ1v) is 10.0. The first-order chi connectivity index (χ1) is 12.5. The largest absolute Gasteiger partial charge is 0.335 e. The lowest BCUT2D eigenvalue weighted by Gasteiger charge is -2.30. The van der Waals surface area contributed by atoms with Gasteiger partial charge in [-0.15, -0.1) is 11.3 Å². The van der Waals surface area contributed by atoms with Crippen molar-refractivity contribution >= 4 is 33.5 Å². The standard InChI is InChI=1S/C19H26N4O2S/c1-3-13(2)20-19(25)22-17(24)12-23-10-8-14(9-11-23)18-21-15-6-4-5-7-16(15)26-18/h4-7,13-14H,3,8-12H2,1-2H3,(H2,20,22,24,25)/t13-/m1/s1. The molecule has 140 valence electrons. The van der Waals surface area contributed by atoms with Crippen molar-refractivity contribution in [2.24, 2.45) is 0 Å². The summed E-state index contributed by atoms with van der Waals surface area (Å²) in [6.07, 6.45) is 2.82. The molecular weight excluding hydrogens is 348 g/mol. The number of urea groups is 1. The van der Waals surface area contributed by atoms with Crippen LogP contribution in [0, 0.1) is 0 Å². The summed E-state index contributed by atoms with van der Waals surface area (Å²) in [7, 11) is 0. The zero-order valence-corrected chi connectivity index (χ0v) is 16.1. The molecule has 0 aliphatic carbocycles. The monoisotopic (exact) mass is 374 g/mol. The number of carbonyl (C=O) groups excluding carboxylic acids is 2. The first kappa shape index (κ1) is 18.8. The lowest BCUT2D eigenvalue weighted by Crippen LogP contribution is -2.47. The number of para-hydroxylation sites is 1. The normalized spacial score (nSPS) is 17.2. The predicted octanol–water partition coefficient (Wildman–Crippen LogP) is 3.10. The molecule has 7 heteroatoms. The SMILES string of the molecule is CC[C@@H](C)NC(=O)NC(=O)CN1CCC(c2nc3ccccc3s2)CC1. The van der Waals surface area contributed by atoms with Crippen LogP contribution >= 0.6 is 11.3 Å². The van der Waals surface area contributed by atoms with E-state index in [9.17, 15) is 9.59 Å². The maximum absolute atomic E-state index is 12.0. The van der Waals surface area contributed by atoms with Gasteiger partial charge in [0.05, 0.1) is 21.8 Å². The molecule has 0 radical (unpaired) electrons. The van der Waals surface area contributed by atoms with E-state index in [4.69, 9.17) is 4.98 Å². The number of aromatic nitrogens is 1. The maximum atomic E-state index is 12.0. The van der Waals surface area contributed by atoms with Crippen LogP contribution in [0.3, 0.4) is 0 Å². The Bertz CT molecular complexity index is 735. The van der Waals surface area contributed by atoms with Crippen molar-refractivity contribution in [2.45, 2.75) is 45.1 Å². The number of piperidine rings is 1. The molecule has 0 unspecified atom stereocenters. The van der Waals surface area contributed by atoms with Gasteiger partial charge in [-0.3, -0.25) is 15.0 Å². The van der Waals surface area contributed by atoms with E-state index in [1.807, 2.05) is 26.0 Å². The van der Waals surface area contributed by atoms with Crippen molar-refractivity contribution in [3.8, 4) is 0 Å². The quantitative estimate of drug-likeness (QED) is 0.843. The van der Waals surface area contributed by atoms with E-state index < -0.39 is 6.03 Å². The van der Waals surface area contributed by atoms with Gasteiger partial charge in [-0.1, -0.05) is 19.1 Å². The second-order valence-electron chi connectivity index (χ2n) is 6.90. The molecule has 3 amide bonds. The first-order valence-electron chi connectivity index (χ1n) is 9.23. The van der Waals surface area contributed by atoms with Gasteiger partial charge < -0.3 is 5.32 Å². The minimum absolute atomic E-state index is 0.0624. The summed E-state index contributed by atoms with van der Waals surface area (Å²) in [5, 5.41) is 6.35. The summed E-state index contributed by atoms with van der Waals surface area (Å²) in [6, 6.07) is 7.88. The molecule has 3 rings (SSSR count). The van der Waals surface area contributed by atoms with Gasteiger partial charge in [0.25, 0.3) is 0 Å². The second-order valence-corrected chi connectivity index (χ2v) is 7.96. The Morgan fingerprint density at radius 3 is 2.73 bits per heavy atom. The zero-order valence-electron chi connectivity index (χ0n) is 15.3. The molecule has 2 N–H and O–H groups in total. The molecular formula is C19H26N4O2S. The van der Waals surface area contributed by atoms with Crippen molar-refractivity contribution in [1.29, 1.82) is 0 Å². The van der Waals surface area contributed by atoms with Gasteiger partial charge in [-0.2, -0.15) is 0 Å². The molecule has 1 aromatic carbocycles. The van der Waals surface area contributed by atoms with Crippen molar-refractivity contribution in [1.82, 2.24) is 20.5 Å². The molecule has 2 heterocycles. The van der Waals surface area contributed by atoms with E-state index in [-0.39, 0.29) is 18.5 Å². The summed E-state index contributed by atoms with van der Waals surface area (Å²) in [5.74, 6) is 0.213. The highest BCUT2D eigenvalue weighted by Crippen LogP contribution is 2.33. The summed E-state index contributed by atoms with van der Waals surface area (Å²) in [6.45, 7) is 5.86. The van der Waals surface area contributed by atoms with Crippen LogP contribution in [0.5, 0.6) is 0 Å². The van der Waals surface area contributed by atoms with Crippen LogP contribution < -0.4 is 10.6 Å². The molecule has 0 bridgehead atoms. The number of carbonyl (C=O) groups is 2. The molecule has 0 spiro atoms. The number of benzene rings is 1. The Labute approximate surface area is 158 Å². The van der Waals surface area contributed by atoms with Crippen LogP contribution in [0.2, 0.25) is 0 Å². The lowest BCUT2D eigenvalue weighted by atomic mass is 9.97. The number of amides is 3. The lowest BCUT2D eigenvalue weighted by molar-refractivity contribution is -0.121. The molecule has 1 saturated heterocycles. The van der Waals surface area contributed by atoms with Crippen molar-refractivity contribution in [2.75, 3.05) is 19.6 Å². The van der Waals surface area contributed by atoms with E-state index in [0.29, 0.717) is 5.92 Å². The van der Waals surface area contributed by atoms with Crippen LogP contribution in [0.4, 0.5) is 4.79 Å². The highest BCUT2D eigenvalue weighted by atomic mass is 32.1. The van der Waals surface area contributed by atoms with E-state index in [2.05, 4.69) is 27.7 Å². The van der Waals surface area contributed by atoms with Gasteiger partial charge in [-0.05, 0) is 51.4 Å². The predicted molar refractivity (Wildman–Crippen MR) is 104 cm³/mol. The Morgan fingerprint density at radius 2 is 2.04 bits per heavy atom. The molecule has 1 fully saturated rings. The number of likely N-dealkylation sites (tertiary alicyclic amines) is 1. The molecule has 6 nitrogen and oxygen atoms in total. The third-order valence-electron chi connectivity index (χ3n) is 4.86. The van der Waals surface area contributed by atoms with Crippen LogP contribution in [-0.4, -0.2) is 47.5 Å². The van der Waals surface area contributed by atoms with E-state index in [1.54, 1.807) is 11.3 Å². The Hall–Kier alpha value is -1.99. The zero-order chi connectivity index (χ0) is 18.5. The number of nitrogens with one attached hydrogen (secondary N) is 2. The Balaban J connectivity index is 1.46. The van der Waals surface area contributed by atoms with Crippen LogP contribution in [-0.2, 0) is 4.79 Å². The number of thiazole rings is 1. The Morgan fingerprint density at radius 1 is 1.31 bits per heavy atom. The molecule has 1 aliphatic rings. The van der Waals surface area contributed by atoms with E-state index >= 15 is 0 Å². The van der Waals surface area contributed by atoms with Gasteiger partial charge in [0.1, 0.15) is 0 Å². The average molecular weight is 375 g/mol. The summed E-state index contributed by atoms with van der Waals surface area (Å²) < 4.78 is 1.23. The Kier molecular flexibility index (Phi) is 6.21. The number of fused-ring (bicyclic) bond motifs is 1. The second kappa shape index (κ2) is 8.60. The smallest absolute Gasteiger partial charge is 0.321 e. The molecule has 1 atom stereocenters. The topological polar surface area (TPSA) is 74.3 Å². The maximum Gasteiger partial charge on any atom is 0.321 e. The van der Waals surface area contributed by atoms with Gasteiger partial charge in [0.2, 0.25) is 5.91 Å². The molecule has 1 aliphatic heterocycles. The van der Waals surface area contributed by atoms with E-state index in [0.717, 1.165) is 37.9 Å². The average Bonchev–Trinajstić information content (AvgIpc) is 3.06. The summed E-state index contributed by atoms with van der Waals surface area (Å²) in [5.41, 5.74) is 1.07. The number of hydrogen-bond acceptors (Lipinski definition) is 5. The number of nitrogens with zero attached hydrogens (tertiary/aromatic N) is 2. The van der Waals surface area contributed by atoms with Crippen LogP contribution in [0.1, 0.15) is 44.0 Å². The van der Waals surface area contributed by atoms with Gasteiger partial charge >= 0.3 is 6.03 Å². The third-order valence-corrected chi connectivity index (χ3v) is 6.06. The highest BCUT2D eigenvalue weighted by molar-refractivity contribution is 7.18. The highest BCUT2D eigenvalue weighted by Gasteiger charge is 2.24. The van der Waals surface area contributed by atoms with Crippen LogP contribution in [0.15, 0.2) is 24.3 Å². The minimum atomic E-state index is -0.409. The fourth-order valence-corrected chi connectivity index (χ4v) is 4.27. The van der Waals surface area contributed by atoms with E-state index in [1.165, 1.54) is 9.71 Å². The van der Waals surface area contributed by atoms with Crippen molar-refractivity contribution in [3.05, 3.63) is 29.3 Å². The number of rotatable bonds is 5. The summed E-state index contributed by atoms with van der Waals surface area (Å²) in [4.78, 5) is 30.6. The molecule has 26 heavy (non-hydrogen) atoms. The van der Waals surface area contributed by atoms with Gasteiger partial charge in [-0.25, -0.2) is 9.78 Å². The fraction of sp³-hybridized carbons (Fsp3) is 0.526. The van der Waals surface area contributed by atoms with Gasteiger partial charge in [0.15, 0.2) is 0 Å². The summed E-state index contributed by atoms with van der Waals surface area (Å²) >= 11 is 1.77. The van der Waals surface area contributed by atoms with Gasteiger partial charge in [0, 0.05) is 12.0 Å². The van der Waals surface area contributed by atoms with Crippen molar-refractivity contribution < 1.29 is 9.59 Å².